The van der Waals surface area contributed by atoms with E-state index in [9.17, 15) is 4.79 Å². The third-order valence-corrected chi connectivity index (χ3v) is 4.42. The molecule has 0 aromatic carbocycles. The van der Waals surface area contributed by atoms with E-state index in [0.29, 0.717) is 5.57 Å². The van der Waals surface area contributed by atoms with Crippen LogP contribution in [0, 0.1) is 0 Å². The summed E-state index contributed by atoms with van der Waals surface area (Å²) in [6.45, 7) is 15.2. The predicted octanol–water partition coefficient (Wildman–Crippen LogP) is 2.14. The summed E-state index contributed by atoms with van der Waals surface area (Å²) in [6.07, 6.45) is 0.987. The zero-order valence-electron chi connectivity index (χ0n) is 13.1. The van der Waals surface area contributed by atoms with Gasteiger partial charge in [-0.3, -0.25) is 0 Å². The normalized spacial score (nSPS) is 13.7. The minimum atomic E-state index is -0.850. The molecule has 0 radical (unpaired) electrons. The van der Waals surface area contributed by atoms with Crippen LogP contribution in [0.3, 0.4) is 0 Å². The van der Waals surface area contributed by atoms with Gasteiger partial charge in [0.05, 0.1) is 17.9 Å². The lowest BCUT2D eigenvalue weighted by molar-refractivity contribution is -0.145. The molecule has 5 heteroatoms. The molecule has 112 valence electrons. The second-order valence-electron chi connectivity index (χ2n) is 5.25. The summed E-state index contributed by atoms with van der Waals surface area (Å²) in [5.74, 6) is -0.546. The van der Waals surface area contributed by atoms with Crippen LogP contribution in [0.5, 0.6) is 0 Å². The van der Waals surface area contributed by atoms with Crippen molar-refractivity contribution < 1.29 is 19.0 Å². The zero-order valence-corrected chi connectivity index (χ0v) is 14.5. The Morgan fingerprint density at radius 2 is 1.63 bits per heavy atom. The van der Waals surface area contributed by atoms with E-state index in [-0.39, 0.29) is 29.8 Å². The van der Waals surface area contributed by atoms with Gasteiger partial charge in [-0.05, 0) is 41.0 Å². The molecular formula is C14H28O4Si. The van der Waals surface area contributed by atoms with Gasteiger partial charge in [0.25, 0.3) is 0 Å². The van der Waals surface area contributed by atoms with Crippen molar-refractivity contribution in [3.8, 4) is 0 Å². The van der Waals surface area contributed by atoms with E-state index in [4.69, 9.17) is 14.2 Å². The number of carbonyl (C=O) groups excluding carboxylic acids is 1. The van der Waals surface area contributed by atoms with Crippen LogP contribution < -0.4 is 0 Å². The molecule has 0 saturated carbocycles. The molecule has 0 saturated heterocycles. The fourth-order valence-corrected chi connectivity index (χ4v) is 3.52. The highest BCUT2D eigenvalue weighted by Gasteiger charge is 2.22. The maximum absolute atomic E-state index is 11.6. The van der Waals surface area contributed by atoms with Gasteiger partial charge in [-0.1, -0.05) is 13.5 Å². The Morgan fingerprint density at radius 1 is 1.16 bits per heavy atom. The van der Waals surface area contributed by atoms with Crippen LogP contribution in [-0.2, 0) is 19.0 Å². The smallest absolute Gasteiger partial charge is 0.333 e. The molecule has 0 bridgehead atoms. The van der Waals surface area contributed by atoms with Gasteiger partial charge >= 0.3 is 5.97 Å². The van der Waals surface area contributed by atoms with Gasteiger partial charge < -0.3 is 14.2 Å². The molecule has 0 fully saturated rings. The van der Waals surface area contributed by atoms with Crippen molar-refractivity contribution in [2.75, 3.05) is 0 Å². The molecule has 0 aliphatic heterocycles. The number of rotatable bonds is 9. The molecule has 0 aromatic rings. The van der Waals surface area contributed by atoms with E-state index in [0.717, 1.165) is 6.42 Å². The van der Waals surface area contributed by atoms with Crippen LogP contribution >= 0.6 is 0 Å². The second-order valence-corrected chi connectivity index (χ2v) is 7.30. The molecule has 0 aliphatic carbocycles. The van der Waals surface area contributed by atoms with Gasteiger partial charge in [-0.2, -0.15) is 0 Å². The van der Waals surface area contributed by atoms with E-state index in [1.165, 1.54) is 0 Å². The fraction of sp³-hybridized carbons (Fsp3) is 0.786. The maximum Gasteiger partial charge on any atom is 0.333 e. The zero-order chi connectivity index (χ0) is 15.0. The molecule has 0 N–H and O–H groups in total. The molecule has 19 heavy (non-hydrogen) atoms. The highest BCUT2D eigenvalue weighted by Crippen LogP contribution is 2.09. The van der Waals surface area contributed by atoms with E-state index >= 15 is 0 Å². The average Bonchev–Trinajstić information content (AvgIpc) is 2.25. The summed E-state index contributed by atoms with van der Waals surface area (Å²) >= 11 is 0. The highest BCUT2D eigenvalue weighted by molar-refractivity contribution is 6.38. The summed E-state index contributed by atoms with van der Waals surface area (Å²) in [4.78, 5) is 11.6. The van der Waals surface area contributed by atoms with Gasteiger partial charge in [0.1, 0.15) is 15.4 Å². The Bertz CT molecular complexity index is 279. The predicted molar refractivity (Wildman–Crippen MR) is 79.8 cm³/mol. The summed E-state index contributed by atoms with van der Waals surface area (Å²) in [6, 6.07) is 0. The molecule has 0 aliphatic rings. The van der Waals surface area contributed by atoms with Crippen molar-refractivity contribution >= 4 is 15.5 Å². The number of carbonyl (C=O) groups is 1. The van der Waals surface area contributed by atoms with Crippen molar-refractivity contribution in [2.24, 2.45) is 0 Å². The molecule has 0 amide bonds. The monoisotopic (exact) mass is 288 g/mol. The third-order valence-electron chi connectivity index (χ3n) is 2.38. The van der Waals surface area contributed by atoms with Crippen molar-refractivity contribution in [1.82, 2.24) is 0 Å². The van der Waals surface area contributed by atoms with Gasteiger partial charge in [0.15, 0.2) is 0 Å². The molecule has 4 nitrogen and oxygen atoms in total. The molecule has 0 heterocycles. The molecule has 0 rings (SSSR count). The Morgan fingerprint density at radius 3 is 1.95 bits per heavy atom. The first kappa shape index (κ1) is 18.3. The van der Waals surface area contributed by atoms with Crippen LogP contribution in [0.25, 0.3) is 0 Å². The number of ether oxygens (including phenoxy) is 3. The first-order valence-corrected chi connectivity index (χ1v) is 8.56. The third kappa shape index (κ3) is 8.97. The molecule has 1 unspecified atom stereocenters. The van der Waals surface area contributed by atoms with Gasteiger partial charge in [0.2, 0.25) is 0 Å². The lowest BCUT2D eigenvalue weighted by Crippen LogP contribution is -2.38. The Balaban J connectivity index is 4.49. The van der Waals surface area contributed by atoms with Crippen LogP contribution in [0.2, 0.25) is 0 Å². The molecule has 1 atom stereocenters. The first-order valence-electron chi connectivity index (χ1n) is 6.93. The maximum atomic E-state index is 11.6. The topological polar surface area (TPSA) is 44.8 Å². The van der Waals surface area contributed by atoms with Gasteiger partial charge in [0, 0.05) is 5.57 Å². The number of hydrogen-bond acceptors (Lipinski definition) is 4. The van der Waals surface area contributed by atoms with E-state index in [1.807, 2.05) is 34.6 Å². The number of hydrogen-bond donors (Lipinski definition) is 0. The quantitative estimate of drug-likeness (QED) is 0.282. The SMILES string of the molecule is C=C(C)C(=O)OC(CC)[SiH2]C(OC(C)C)OC(C)C. The Hall–Kier alpha value is -0.653. The van der Waals surface area contributed by atoms with Crippen molar-refractivity contribution in [3.05, 3.63) is 12.2 Å². The molecule has 0 aromatic heterocycles. The van der Waals surface area contributed by atoms with Crippen molar-refractivity contribution in [1.29, 1.82) is 0 Å². The summed E-state index contributed by atoms with van der Waals surface area (Å²) < 4.78 is 16.9. The lowest BCUT2D eigenvalue weighted by atomic mass is 10.4. The van der Waals surface area contributed by atoms with Crippen LogP contribution in [0.15, 0.2) is 12.2 Å². The summed E-state index contributed by atoms with van der Waals surface area (Å²) in [7, 11) is -0.850. The molecule has 0 spiro atoms. The highest BCUT2D eigenvalue weighted by atomic mass is 28.2. The van der Waals surface area contributed by atoms with E-state index < -0.39 is 9.52 Å². The van der Waals surface area contributed by atoms with E-state index in [2.05, 4.69) is 6.58 Å². The summed E-state index contributed by atoms with van der Waals surface area (Å²) in [5.41, 5.74) is 0.352. The van der Waals surface area contributed by atoms with Crippen LogP contribution in [0.1, 0.15) is 48.0 Å². The first-order chi connectivity index (χ1) is 8.76. The minimum Gasteiger partial charge on any atom is -0.463 e. The van der Waals surface area contributed by atoms with Crippen LogP contribution in [-0.4, -0.2) is 39.3 Å². The average molecular weight is 288 g/mol. The van der Waals surface area contributed by atoms with E-state index in [1.54, 1.807) is 6.92 Å². The van der Waals surface area contributed by atoms with Crippen molar-refractivity contribution in [3.63, 3.8) is 0 Å². The number of esters is 1. The Kier molecular flexibility index (Phi) is 8.96. The largest absolute Gasteiger partial charge is 0.463 e. The van der Waals surface area contributed by atoms with Crippen molar-refractivity contribution in [2.45, 2.75) is 71.8 Å². The minimum absolute atomic E-state index is 0.0771. The standard InChI is InChI=1S/C14H28O4Si/c1-8-12(18-13(15)9(2)3)19-14(16-10(4)5)17-11(6)7/h10-12,14H,2,8,19H2,1,3-7H3. The van der Waals surface area contributed by atoms with Crippen LogP contribution in [0.4, 0.5) is 0 Å². The fourth-order valence-electron chi connectivity index (χ4n) is 1.52. The second kappa shape index (κ2) is 9.28. The van der Waals surface area contributed by atoms with Gasteiger partial charge in [-0.15, -0.1) is 0 Å². The van der Waals surface area contributed by atoms with Gasteiger partial charge in [-0.25, -0.2) is 4.79 Å². The molecular weight excluding hydrogens is 260 g/mol. The summed E-state index contributed by atoms with van der Waals surface area (Å²) in [5, 5.41) is 0. The Labute approximate surface area is 119 Å². The lowest BCUT2D eigenvalue weighted by Gasteiger charge is -2.26.